The van der Waals surface area contributed by atoms with Gasteiger partial charge in [-0.3, -0.25) is 28.2 Å². The minimum atomic E-state index is -4.73. The van der Waals surface area contributed by atoms with E-state index in [1.165, 1.54) is 25.1 Å². The van der Waals surface area contributed by atoms with E-state index in [0.29, 0.717) is 53.4 Å². The summed E-state index contributed by atoms with van der Waals surface area (Å²) in [4.78, 5) is 26.3. The third-order valence-electron chi connectivity index (χ3n) is 11.1. The van der Waals surface area contributed by atoms with Crippen LogP contribution in [-0.4, -0.2) is 92.8 Å². The predicted octanol–water partition coefficient (Wildman–Crippen LogP) is 7.89. The molecule has 6 heterocycles. The van der Waals surface area contributed by atoms with Gasteiger partial charge in [0.05, 0.1) is 24.2 Å². The molecule has 3 aliphatic rings. The van der Waals surface area contributed by atoms with Gasteiger partial charge in [0.1, 0.15) is 22.7 Å². The van der Waals surface area contributed by atoms with Crippen LogP contribution >= 0.6 is 10.8 Å². The standard InChI is InChI=1S/C40H52F3N7O6S/c1-24-11-12-28(31(38(7,8)36(51)56-37(4,5)6)27-13-18-50-32(26(27)3)46-47-35(50)40(41,42)43)44-29(24)22-49-23-39(14-15-39)55-34-30(57(49,52)53)21-25(2)33(45-34)54-20-19-48-16-9-10-17-48/h11-13,18,21,31,52-53H,9-10,14-17,19-20,22-23H2,1-8H3. The molecule has 1 aliphatic carbocycles. The molecule has 1 saturated carbocycles. The Morgan fingerprint density at radius 3 is 2.35 bits per heavy atom. The Morgan fingerprint density at radius 2 is 1.70 bits per heavy atom. The number of alkyl halides is 3. The number of esters is 1. The molecule has 310 valence electrons. The van der Waals surface area contributed by atoms with Crippen LogP contribution in [0.1, 0.15) is 106 Å². The summed E-state index contributed by atoms with van der Waals surface area (Å²) in [6, 6.07) is 6.85. The van der Waals surface area contributed by atoms with Gasteiger partial charge in [-0.25, -0.2) is 0 Å². The second-order valence-electron chi connectivity index (χ2n) is 17.2. The topological polar surface area (TPSA) is 148 Å². The van der Waals surface area contributed by atoms with Crippen molar-refractivity contribution < 1.29 is 41.3 Å². The van der Waals surface area contributed by atoms with Crippen LogP contribution in [0.2, 0.25) is 0 Å². The van der Waals surface area contributed by atoms with Crippen LogP contribution in [0.25, 0.3) is 5.65 Å². The van der Waals surface area contributed by atoms with Gasteiger partial charge in [0.2, 0.25) is 17.6 Å². The summed E-state index contributed by atoms with van der Waals surface area (Å²) in [6.07, 6.45) is 0.268. The van der Waals surface area contributed by atoms with Crippen molar-refractivity contribution in [1.29, 1.82) is 0 Å². The zero-order valence-electron chi connectivity index (χ0n) is 33.7. The molecule has 4 aromatic heterocycles. The van der Waals surface area contributed by atoms with Gasteiger partial charge in [-0.2, -0.15) is 22.5 Å². The Kier molecular flexibility index (Phi) is 10.6. The number of pyridine rings is 3. The highest BCUT2D eigenvalue weighted by molar-refractivity contribution is 8.22. The maximum absolute atomic E-state index is 14.0. The molecule has 7 rings (SSSR count). The van der Waals surface area contributed by atoms with Crippen molar-refractivity contribution in [1.82, 2.24) is 33.8 Å². The van der Waals surface area contributed by atoms with Crippen LogP contribution in [0.3, 0.4) is 0 Å². The van der Waals surface area contributed by atoms with E-state index in [2.05, 4.69) is 20.1 Å². The van der Waals surface area contributed by atoms with Crippen molar-refractivity contribution in [3.63, 3.8) is 0 Å². The Bertz CT molecular complexity index is 2180. The van der Waals surface area contributed by atoms with Crippen LogP contribution in [0.5, 0.6) is 11.8 Å². The Morgan fingerprint density at radius 1 is 1.00 bits per heavy atom. The molecule has 1 unspecified atom stereocenters. The number of hydrogen-bond donors (Lipinski definition) is 2. The van der Waals surface area contributed by atoms with Crippen LogP contribution < -0.4 is 9.47 Å². The minimum absolute atomic E-state index is 0.00638. The number of nitrogens with zero attached hydrogens (tertiary/aromatic N) is 7. The lowest BCUT2D eigenvalue weighted by atomic mass is 9.71. The van der Waals surface area contributed by atoms with Crippen molar-refractivity contribution in [2.24, 2.45) is 5.41 Å². The first kappa shape index (κ1) is 41.1. The molecule has 1 spiro atoms. The van der Waals surface area contributed by atoms with Gasteiger partial charge >= 0.3 is 12.1 Å². The average molecular weight is 816 g/mol. The first-order chi connectivity index (χ1) is 26.6. The number of aryl methyl sites for hydroxylation is 3. The minimum Gasteiger partial charge on any atom is -0.476 e. The number of carbonyl (C=O) groups excluding carboxylic acids is 1. The van der Waals surface area contributed by atoms with Gasteiger partial charge in [-0.1, -0.05) is 6.07 Å². The van der Waals surface area contributed by atoms with E-state index in [-0.39, 0.29) is 29.5 Å². The third kappa shape index (κ3) is 8.18. The second kappa shape index (κ2) is 14.7. The molecule has 57 heavy (non-hydrogen) atoms. The molecular weight excluding hydrogens is 764 g/mol. The van der Waals surface area contributed by atoms with E-state index in [1.807, 2.05) is 19.9 Å². The second-order valence-corrected chi connectivity index (χ2v) is 19.2. The van der Waals surface area contributed by atoms with E-state index >= 15 is 0 Å². The molecule has 13 nitrogen and oxygen atoms in total. The van der Waals surface area contributed by atoms with Gasteiger partial charge in [0, 0.05) is 29.9 Å². The zero-order chi connectivity index (χ0) is 41.3. The fraction of sp³-hybridized carbons (Fsp3) is 0.575. The quantitative estimate of drug-likeness (QED) is 0.150. The summed E-state index contributed by atoms with van der Waals surface area (Å²) in [5, 5.41) is 7.33. The van der Waals surface area contributed by atoms with E-state index in [1.54, 1.807) is 58.0 Å². The van der Waals surface area contributed by atoms with Crippen molar-refractivity contribution in [3.05, 3.63) is 69.9 Å². The van der Waals surface area contributed by atoms with Crippen molar-refractivity contribution in [2.45, 2.75) is 116 Å². The molecule has 17 heteroatoms. The van der Waals surface area contributed by atoms with Crippen LogP contribution in [-0.2, 0) is 22.3 Å². The van der Waals surface area contributed by atoms with Gasteiger partial charge in [-0.15, -0.1) is 21.0 Å². The predicted molar refractivity (Wildman–Crippen MR) is 207 cm³/mol. The lowest BCUT2D eigenvalue weighted by Crippen LogP contribution is -2.39. The highest BCUT2D eigenvalue weighted by Gasteiger charge is 2.53. The normalized spacial score (nSPS) is 19.5. The van der Waals surface area contributed by atoms with Gasteiger partial charge in [0.25, 0.3) is 0 Å². The van der Waals surface area contributed by atoms with Crippen molar-refractivity contribution in [2.75, 3.05) is 32.8 Å². The summed E-state index contributed by atoms with van der Waals surface area (Å²) in [6.45, 7) is 17.6. The number of carbonyl (C=O) groups is 1. The van der Waals surface area contributed by atoms with Crippen LogP contribution in [0, 0.1) is 26.2 Å². The van der Waals surface area contributed by atoms with Crippen LogP contribution in [0.4, 0.5) is 13.2 Å². The lowest BCUT2D eigenvalue weighted by molar-refractivity contribution is -0.166. The third-order valence-corrected chi connectivity index (χ3v) is 13.0. The van der Waals surface area contributed by atoms with Gasteiger partial charge in [-0.05, 0) is 129 Å². The maximum atomic E-state index is 14.0. The smallest absolute Gasteiger partial charge is 0.452 e. The van der Waals surface area contributed by atoms with Crippen molar-refractivity contribution >= 4 is 22.4 Å². The highest BCUT2D eigenvalue weighted by atomic mass is 32.3. The fourth-order valence-electron chi connectivity index (χ4n) is 7.71. The van der Waals surface area contributed by atoms with E-state index in [4.69, 9.17) is 19.2 Å². The summed E-state index contributed by atoms with van der Waals surface area (Å²) < 4.78 is 86.6. The number of aromatic nitrogens is 5. The lowest BCUT2D eigenvalue weighted by Gasteiger charge is -2.42. The molecular formula is C40H52F3N7O6S. The molecule has 4 aromatic rings. The summed E-state index contributed by atoms with van der Waals surface area (Å²) in [5.74, 6) is -1.99. The molecule has 0 aromatic carbocycles. The SMILES string of the molecule is Cc1ccc(C(c2ccn3c(C(F)(F)F)nnc3c2C)C(C)(C)C(=O)OC(C)(C)C)nc1CN1CC2(CC2)Oc2nc(OCCN3CCCC3)c(C)cc2S1(O)O. The molecule has 2 aliphatic heterocycles. The van der Waals surface area contributed by atoms with Crippen LogP contribution in [0.15, 0.2) is 35.4 Å². The zero-order valence-corrected chi connectivity index (χ0v) is 34.6. The summed E-state index contributed by atoms with van der Waals surface area (Å²) in [7, 11) is -3.67. The molecule has 1 atom stereocenters. The Hall–Kier alpha value is -4.03. The van der Waals surface area contributed by atoms with E-state index in [9.17, 15) is 27.1 Å². The number of ether oxygens (including phenoxy) is 3. The van der Waals surface area contributed by atoms with Gasteiger partial charge in [0.15, 0.2) is 5.65 Å². The monoisotopic (exact) mass is 815 g/mol. The number of halogens is 3. The summed E-state index contributed by atoms with van der Waals surface area (Å²) >= 11 is 0. The fourth-order valence-corrected chi connectivity index (χ4v) is 9.36. The average Bonchev–Trinajstić information content (AvgIpc) is 3.45. The summed E-state index contributed by atoms with van der Waals surface area (Å²) in [5.41, 5.74) is 0.450. The molecule has 1 saturated heterocycles. The van der Waals surface area contributed by atoms with E-state index in [0.717, 1.165) is 29.6 Å². The Labute approximate surface area is 332 Å². The first-order valence-electron chi connectivity index (χ1n) is 19.3. The number of rotatable bonds is 10. The largest absolute Gasteiger partial charge is 0.476 e. The molecule has 2 N–H and O–H groups in total. The molecule has 2 fully saturated rings. The van der Waals surface area contributed by atoms with Crippen molar-refractivity contribution in [3.8, 4) is 11.8 Å². The first-order valence-corrected chi connectivity index (χ1v) is 20.8. The molecule has 0 radical (unpaired) electrons. The highest BCUT2D eigenvalue weighted by Crippen LogP contribution is 2.61. The van der Waals surface area contributed by atoms with Gasteiger partial charge < -0.3 is 14.2 Å². The number of fused-ring (bicyclic) bond motifs is 2. The van der Waals surface area contributed by atoms with E-state index < -0.39 is 51.3 Å². The molecule has 0 amide bonds. The maximum Gasteiger partial charge on any atom is 0.452 e. The number of likely N-dealkylation sites (tertiary alicyclic amines) is 1. The molecule has 0 bridgehead atoms. The number of hydrogen-bond acceptors (Lipinski definition) is 12. The Balaban J connectivity index is 1.26.